The number of rotatable bonds is 5. The summed E-state index contributed by atoms with van der Waals surface area (Å²) in [4.78, 5) is 20.0. The molecule has 0 saturated carbocycles. The number of nitro groups is 1. The van der Waals surface area contributed by atoms with Crippen LogP contribution in [0, 0.1) is 10.1 Å². The van der Waals surface area contributed by atoms with Crippen molar-refractivity contribution in [3.05, 3.63) is 34.4 Å². The van der Waals surface area contributed by atoms with Crippen molar-refractivity contribution < 1.29 is 19.3 Å². The van der Waals surface area contributed by atoms with E-state index in [9.17, 15) is 19.4 Å². The predicted octanol–water partition coefficient (Wildman–Crippen LogP) is 2.48. The number of carboxylic acids is 1. The predicted molar refractivity (Wildman–Crippen MR) is 66.2 cm³/mol. The highest BCUT2D eigenvalue weighted by atomic mass is 32.1. The Labute approximate surface area is 107 Å². The molecule has 0 aliphatic heterocycles. The number of para-hydroxylation sites is 2. The van der Waals surface area contributed by atoms with Crippen LogP contribution in [0.5, 0.6) is 0 Å². The van der Waals surface area contributed by atoms with Crippen molar-refractivity contribution >= 4 is 34.6 Å². The molecule has 96 valence electrons. The summed E-state index contributed by atoms with van der Waals surface area (Å²) < 4.78 is 13.8. The fourth-order valence-electron chi connectivity index (χ4n) is 1.23. The highest BCUT2D eigenvalue weighted by Crippen LogP contribution is 2.28. The molecule has 0 heterocycles. The summed E-state index contributed by atoms with van der Waals surface area (Å²) >= 11 is 4.69. The molecule has 0 spiro atoms. The van der Waals surface area contributed by atoms with Crippen molar-refractivity contribution in [1.29, 1.82) is 0 Å². The SMILES string of the molecule is O=C(O)CCC(=S)N(F)c1ccccc1[N+](=O)[O-]. The Hall–Kier alpha value is -2.09. The molecular formula is C10H9FN2O4S. The number of nitrogens with zero attached hydrogens (tertiary/aromatic N) is 2. The second kappa shape index (κ2) is 6.01. The molecule has 0 saturated heterocycles. The molecule has 6 nitrogen and oxygen atoms in total. The van der Waals surface area contributed by atoms with Crippen molar-refractivity contribution in [3.8, 4) is 0 Å². The first-order chi connectivity index (χ1) is 8.43. The summed E-state index contributed by atoms with van der Waals surface area (Å²) in [6, 6.07) is 5.16. The molecular weight excluding hydrogens is 263 g/mol. The lowest BCUT2D eigenvalue weighted by Gasteiger charge is -2.13. The van der Waals surface area contributed by atoms with E-state index in [0.29, 0.717) is 0 Å². The highest BCUT2D eigenvalue weighted by molar-refractivity contribution is 7.80. The van der Waals surface area contributed by atoms with Gasteiger partial charge in [-0.3, -0.25) is 14.9 Å². The van der Waals surface area contributed by atoms with E-state index in [2.05, 4.69) is 12.2 Å². The van der Waals surface area contributed by atoms with E-state index in [1.54, 1.807) is 0 Å². The molecule has 1 N–H and O–H groups in total. The van der Waals surface area contributed by atoms with Gasteiger partial charge in [-0.2, -0.15) is 5.12 Å². The van der Waals surface area contributed by atoms with Gasteiger partial charge in [0.1, 0.15) is 4.99 Å². The Morgan fingerprint density at radius 1 is 1.44 bits per heavy atom. The largest absolute Gasteiger partial charge is 0.481 e. The molecule has 0 radical (unpaired) electrons. The third-order valence-electron chi connectivity index (χ3n) is 2.06. The molecule has 0 aromatic heterocycles. The Kier molecular flexibility index (Phi) is 4.67. The zero-order valence-electron chi connectivity index (χ0n) is 9.08. The molecule has 0 amide bonds. The molecule has 0 unspecified atom stereocenters. The summed E-state index contributed by atoms with van der Waals surface area (Å²) in [6.45, 7) is 0. The number of thiocarbonyl (C=S) groups is 1. The minimum absolute atomic E-state index is 0.0313. The van der Waals surface area contributed by atoms with E-state index < -0.39 is 16.6 Å². The number of hydrogen-bond donors (Lipinski definition) is 1. The molecule has 0 aliphatic rings. The molecule has 0 atom stereocenters. The summed E-state index contributed by atoms with van der Waals surface area (Å²) in [6.07, 6.45) is -0.535. The summed E-state index contributed by atoms with van der Waals surface area (Å²) in [5.74, 6) is -1.12. The minimum atomic E-state index is -1.12. The van der Waals surface area contributed by atoms with E-state index in [1.165, 1.54) is 18.2 Å². The van der Waals surface area contributed by atoms with Gasteiger partial charge in [0.2, 0.25) is 0 Å². The molecule has 8 heteroatoms. The zero-order chi connectivity index (χ0) is 13.7. The molecule has 1 rings (SSSR count). The van der Waals surface area contributed by atoms with Gasteiger partial charge < -0.3 is 5.11 Å². The Balaban J connectivity index is 2.89. The minimum Gasteiger partial charge on any atom is -0.481 e. The highest BCUT2D eigenvalue weighted by Gasteiger charge is 2.21. The van der Waals surface area contributed by atoms with Crippen molar-refractivity contribution in [2.45, 2.75) is 12.8 Å². The molecule has 18 heavy (non-hydrogen) atoms. The third-order valence-corrected chi connectivity index (χ3v) is 2.43. The number of aliphatic carboxylic acids is 1. The zero-order valence-corrected chi connectivity index (χ0v) is 9.89. The fourth-order valence-corrected chi connectivity index (χ4v) is 1.43. The topological polar surface area (TPSA) is 83.7 Å². The van der Waals surface area contributed by atoms with Gasteiger partial charge in [-0.25, -0.2) is 0 Å². The van der Waals surface area contributed by atoms with Gasteiger partial charge in [-0.15, -0.1) is 0 Å². The maximum Gasteiger partial charge on any atom is 0.303 e. The lowest BCUT2D eigenvalue weighted by molar-refractivity contribution is -0.384. The van der Waals surface area contributed by atoms with E-state index in [-0.39, 0.29) is 28.6 Å². The number of benzene rings is 1. The van der Waals surface area contributed by atoms with Crippen LogP contribution < -0.4 is 5.12 Å². The second-order valence-electron chi connectivity index (χ2n) is 3.31. The van der Waals surface area contributed by atoms with E-state index in [1.807, 2.05) is 0 Å². The number of hydrogen-bond acceptors (Lipinski definition) is 4. The van der Waals surface area contributed by atoms with Crippen LogP contribution in [0.15, 0.2) is 24.3 Å². The van der Waals surface area contributed by atoms with Crippen LogP contribution in [-0.2, 0) is 4.79 Å². The quantitative estimate of drug-likeness (QED) is 0.383. The first kappa shape index (κ1) is 14.0. The standard InChI is InChI=1S/C10H9FN2O4S/c11-12(9(18)5-6-10(14)15)7-3-1-2-4-8(7)13(16)17/h1-4H,5-6H2,(H,14,15). The fraction of sp³-hybridized carbons (Fsp3) is 0.200. The van der Waals surface area contributed by atoms with Crippen LogP contribution in [0.4, 0.5) is 15.9 Å². The lowest BCUT2D eigenvalue weighted by Crippen LogP contribution is -2.21. The number of carboxylic acid groups (broad SMARTS) is 1. The number of anilines is 1. The van der Waals surface area contributed by atoms with Gasteiger partial charge in [-0.05, 0) is 6.07 Å². The van der Waals surface area contributed by atoms with Crippen LogP contribution in [0.2, 0.25) is 0 Å². The smallest absolute Gasteiger partial charge is 0.303 e. The van der Waals surface area contributed by atoms with Gasteiger partial charge in [0.25, 0.3) is 5.69 Å². The van der Waals surface area contributed by atoms with Crippen molar-refractivity contribution in [1.82, 2.24) is 0 Å². The van der Waals surface area contributed by atoms with Crippen LogP contribution in [0.25, 0.3) is 0 Å². The maximum atomic E-state index is 13.8. The normalized spacial score (nSPS) is 9.83. The molecule has 0 bridgehead atoms. The van der Waals surface area contributed by atoms with Crippen LogP contribution in [0.1, 0.15) is 12.8 Å². The third kappa shape index (κ3) is 3.45. The average Bonchev–Trinajstić information content (AvgIpc) is 2.34. The van der Waals surface area contributed by atoms with E-state index in [0.717, 1.165) is 6.07 Å². The van der Waals surface area contributed by atoms with Crippen LogP contribution in [-0.4, -0.2) is 21.0 Å². The van der Waals surface area contributed by atoms with Crippen molar-refractivity contribution in [2.24, 2.45) is 0 Å². The summed E-state index contributed by atoms with van der Waals surface area (Å²) in [7, 11) is 0. The molecule has 1 aromatic carbocycles. The van der Waals surface area contributed by atoms with Crippen molar-refractivity contribution in [3.63, 3.8) is 0 Å². The van der Waals surface area contributed by atoms with Gasteiger partial charge in [0.15, 0.2) is 5.69 Å². The number of carbonyl (C=O) groups is 1. The first-order valence-electron chi connectivity index (χ1n) is 4.87. The van der Waals surface area contributed by atoms with Gasteiger partial charge in [0, 0.05) is 12.5 Å². The van der Waals surface area contributed by atoms with Gasteiger partial charge >= 0.3 is 5.97 Å². The Morgan fingerprint density at radius 3 is 2.61 bits per heavy atom. The molecule has 1 aromatic rings. The summed E-state index contributed by atoms with van der Waals surface area (Å²) in [5.41, 5.74) is -0.740. The summed E-state index contributed by atoms with van der Waals surface area (Å²) in [5, 5.41) is 19.1. The van der Waals surface area contributed by atoms with Gasteiger partial charge in [0.05, 0.1) is 11.3 Å². The van der Waals surface area contributed by atoms with Crippen LogP contribution in [0.3, 0.4) is 0 Å². The second-order valence-corrected chi connectivity index (χ2v) is 3.79. The first-order valence-corrected chi connectivity index (χ1v) is 5.28. The number of nitro benzene ring substituents is 1. The van der Waals surface area contributed by atoms with E-state index in [4.69, 9.17) is 5.11 Å². The maximum absolute atomic E-state index is 13.8. The van der Waals surface area contributed by atoms with E-state index >= 15 is 0 Å². The Morgan fingerprint density at radius 2 is 2.06 bits per heavy atom. The molecule has 0 fully saturated rings. The molecule has 0 aliphatic carbocycles. The monoisotopic (exact) mass is 272 g/mol. The van der Waals surface area contributed by atoms with Crippen LogP contribution >= 0.6 is 12.2 Å². The lowest BCUT2D eigenvalue weighted by atomic mass is 10.2. The Bertz CT molecular complexity index is 495. The average molecular weight is 272 g/mol. The number of halogens is 1. The van der Waals surface area contributed by atoms with Crippen molar-refractivity contribution in [2.75, 3.05) is 5.12 Å². The van der Waals surface area contributed by atoms with Gasteiger partial charge in [-0.1, -0.05) is 28.8 Å².